The average Bonchev–Trinajstić information content (AvgIpc) is 2.25. The van der Waals surface area contributed by atoms with Gasteiger partial charge in [-0.15, -0.1) is 0 Å². The van der Waals surface area contributed by atoms with Crippen molar-refractivity contribution in [2.75, 3.05) is 11.9 Å². The van der Waals surface area contributed by atoms with Gasteiger partial charge in [-0.2, -0.15) is 0 Å². The van der Waals surface area contributed by atoms with Crippen molar-refractivity contribution in [2.45, 2.75) is 0 Å². The highest BCUT2D eigenvalue weighted by atomic mass is 79.9. The minimum absolute atomic E-state index is 0.0708. The van der Waals surface area contributed by atoms with E-state index in [-0.39, 0.29) is 12.1 Å². The SMILES string of the molecule is C=C(Cl)CNC(=O)Nc1cc(Br)cc(C(=O)O)c1. The molecular weight excluding hydrogens is 323 g/mol. The van der Waals surface area contributed by atoms with Crippen molar-refractivity contribution < 1.29 is 14.7 Å². The molecule has 5 nitrogen and oxygen atoms in total. The Labute approximate surface area is 117 Å². The van der Waals surface area contributed by atoms with Crippen LogP contribution in [0.3, 0.4) is 0 Å². The number of amides is 2. The van der Waals surface area contributed by atoms with Crippen molar-refractivity contribution in [3.63, 3.8) is 0 Å². The first-order chi connectivity index (χ1) is 8.38. The van der Waals surface area contributed by atoms with Crippen LogP contribution in [0.2, 0.25) is 0 Å². The second-order valence-corrected chi connectivity index (χ2v) is 4.81. The van der Waals surface area contributed by atoms with Crippen LogP contribution in [0.5, 0.6) is 0 Å². The summed E-state index contributed by atoms with van der Waals surface area (Å²) in [6.45, 7) is 3.56. The number of hydrogen-bond donors (Lipinski definition) is 3. The Morgan fingerprint density at radius 3 is 2.61 bits per heavy atom. The molecule has 3 N–H and O–H groups in total. The molecule has 0 aliphatic rings. The topological polar surface area (TPSA) is 78.4 Å². The molecule has 0 aromatic heterocycles. The summed E-state index contributed by atoms with van der Waals surface area (Å²) in [7, 11) is 0. The Bertz CT molecular complexity index is 505. The molecule has 0 aliphatic carbocycles. The lowest BCUT2D eigenvalue weighted by Gasteiger charge is -2.08. The lowest BCUT2D eigenvalue weighted by Crippen LogP contribution is -2.29. The predicted molar refractivity (Wildman–Crippen MR) is 73.1 cm³/mol. The van der Waals surface area contributed by atoms with Gasteiger partial charge in [0, 0.05) is 15.2 Å². The van der Waals surface area contributed by atoms with Crippen molar-refractivity contribution in [1.82, 2.24) is 5.32 Å². The summed E-state index contributed by atoms with van der Waals surface area (Å²) in [6, 6.07) is 3.88. The monoisotopic (exact) mass is 332 g/mol. The van der Waals surface area contributed by atoms with Crippen LogP contribution in [0, 0.1) is 0 Å². The standard InChI is InChI=1S/C11H10BrClN2O3/c1-6(13)5-14-11(18)15-9-3-7(10(16)17)2-8(12)4-9/h2-4H,1,5H2,(H,16,17)(H2,14,15,18). The smallest absolute Gasteiger partial charge is 0.335 e. The lowest BCUT2D eigenvalue weighted by molar-refractivity contribution is 0.0697. The fraction of sp³-hybridized carbons (Fsp3) is 0.0909. The Balaban J connectivity index is 2.75. The minimum atomic E-state index is -1.08. The number of benzene rings is 1. The molecule has 1 rings (SSSR count). The number of carboxylic acids is 1. The molecule has 0 unspecified atom stereocenters. The maximum atomic E-state index is 11.4. The first-order valence-electron chi connectivity index (χ1n) is 4.80. The summed E-state index contributed by atoms with van der Waals surface area (Å²) in [6.07, 6.45) is 0. The number of halogens is 2. The van der Waals surface area contributed by atoms with Gasteiger partial charge in [0.1, 0.15) is 0 Å². The number of anilines is 1. The number of rotatable bonds is 4. The van der Waals surface area contributed by atoms with Gasteiger partial charge < -0.3 is 15.7 Å². The molecule has 96 valence electrons. The van der Waals surface area contributed by atoms with Gasteiger partial charge >= 0.3 is 12.0 Å². The molecule has 0 saturated carbocycles. The highest BCUT2D eigenvalue weighted by Crippen LogP contribution is 2.19. The maximum Gasteiger partial charge on any atom is 0.335 e. The average molecular weight is 334 g/mol. The molecular formula is C11H10BrClN2O3. The number of aromatic carboxylic acids is 1. The van der Waals surface area contributed by atoms with E-state index in [0.29, 0.717) is 15.2 Å². The molecule has 0 atom stereocenters. The molecule has 0 aliphatic heterocycles. The lowest BCUT2D eigenvalue weighted by atomic mass is 10.2. The van der Waals surface area contributed by atoms with E-state index < -0.39 is 12.0 Å². The van der Waals surface area contributed by atoms with Crippen molar-refractivity contribution in [3.05, 3.63) is 39.8 Å². The van der Waals surface area contributed by atoms with E-state index in [1.807, 2.05) is 0 Å². The molecule has 0 radical (unpaired) electrons. The second-order valence-electron chi connectivity index (χ2n) is 3.36. The summed E-state index contributed by atoms with van der Waals surface area (Å²) in [5.74, 6) is -1.08. The van der Waals surface area contributed by atoms with Crippen molar-refractivity contribution in [2.24, 2.45) is 0 Å². The second kappa shape index (κ2) is 6.42. The van der Waals surface area contributed by atoms with Gasteiger partial charge in [-0.05, 0) is 18.2 Å². The van der Waals surface area contributed by atoms with Crippen molar-refractivity contribution in [3.8, 4) is 0 Å². The highest BCUT2D eigenvalue weighted by molar-refractivity contribution is 9.10. The number of carbonyl (C=O) groups excluding carboxylic acids is 1. The third-order valence-electron chi connectivity index (χ3n) is 1.84. The molecule has 0 fully saturated rings. The molecule has 18 heavy (non-hydrogen) atoms. The largest absolute Gasteiger partial charge is 0.478 e. The summed E-state index contributed by atoms with van der Waals surface area (Å²) >= 11 is 8.66. The summed E-state index contributed by atoms with van der Waals surface area (Å²) in [5.41, 5.74) is 0.431. The van der Waals surface area contributed by atoms with Crippen LogP contribution in [-0.4, -0.2) is 23.7 Å². The molecule has 0 bridgehead atoms. The first kappa shape index (κ1) is 14.5. The van der Waals surface area contributed by atoms with E-state index in [9.17, 15) is 9.59 Å². The van der Waals surface area contributed by atoms with Crippen LogP contribution in [-0.2, 0) is 0 Å². The van der Waals surface area contributed by atoms with E-state index >= 15 is 0 Å². The van der Waals surface area contributed by atoms with Crippen LogP contribution in [0.4, 0.5) is 10.5 Å². The Morgan fingerprint density at radius 1 is 1.39 bits per heavy atom. The van der Waals surface area contributed by atoms with Gasteiger partial charge in [0.05, 0.1) is 12.1 Å². The molecule has 0 spiro atoms. The zero-order valence-electron chi connectivity index (χ0n) is 9.17. The van der Waals surface area contributed by atoms with Gasteiger partial charge in [-0.25, -0.2) is 9.59 Å². The number of hydrogen-bond acceptors (Lipinski definition) is 2. The van der Waals surface area contributed by atoms with Crippen LogP contribution in [0.1, 0.15) is 10.4 Å². The summed E-state index contributed by atoms with van der Waals surface area (Å²) in [5, 5.41) is 14.1. The van der Waals surface area contributed by atoms with E-state index in [0.717, 1.165) is 0 Å². The Morgan fingerprint density at radius 2 is 2.06 bits per heavy atom. The van der Waals surface area contributed by atoms with Gasteiger partial charge in [0.15, 0.2) is 0 Å². The van der Waals surface area contributed by atoms with Crippen LogP contribution < -0.4 is 10.6 Å². The fourth-order valence-electron chi connectivity index (χ4n) is 1.14. The first-order valence-corrected chi connectivity index (χ1v) is 5.97. The molecule has 1 aromatic rings. The van der Waals surface area contributed by atoms with Gasteiger partial charge in [-0.1, -0.05) is 34.1 Å². The number of nitrogens with one attached hydrogen (secondary N) is 2. The van der Waals surface area contributed by atoms with E-state index in [1.54, 1.807) is 6.07 Å². The van der Waals surface area contributed by atoms with Crippen LogP contribution in [0.15, 0.2) is 34.3 Å². The van der Waals surface area contributed by atoms with Gasteiger partial charge in [-0.3, -0.25) is 0 Å². The van der Waals surface area contributed by atoms with E-state index in [4.69, 9.17) is 16.7 Å². The minimum Gasteiger partial charge on any atom is -0.478 e. The van der Waals surface area contributed by atoms with Crippen LogP contribution >= 0.6 is 27.5 Å². The van der Waals surface area contributed by atoms with Crippen molar-refractivity contribution in [1.29, 1.82) is 0 Å². The van der Waals surface area contributed by atoms with Crippen molar-refractivity contribution >= 4 is 45.2 Å². The number of carboxylic acid groups (broad SMARTS) is 1. The fourth-order valence-corrected chi connectivity index (χ4v) is 1.70. The van der Waals surface area contributed by atoms with Gasteiger partial charge in [0.25, 0.3) is 0 Å². The highest BCUT2D eigenvalue weighted by Gasteiger charge is 2.08. The van der Waals surface area contributed by atoms with E-state index in [2.05, 4.69) is 33.1 Å². The third-order valence-corrected chi connectivity index (χ3v) is 2.43. The Hall–Kier alpha value is -1.53. The maximum absolute atomic E-state index is 11.4. The molecule has 7 heteroatoms. The van der Waals surface area contributed by atoms with E-state index in [1.165, 1.54) is 12.1 Å². The molecule has 2 amide bonds. The molecule has 0 saturated heterocycles. The molecule has 1 aromatic carbocycles. The third kappa shape index (κ3) is 4.77. The summed E-state index contributed by atoms with van der Waals surface area (Å²) < 4.78 is 0.555. The number of urea groups is 1. The molecule has 0 heterocycles. The Kier molecular flexibility index (Phi) is 5.18. The zero-order valence-corrected chi connectivity index (χ0v) is 11.5. The number of carbonyl (C=O) groups is 2. The quantitative estimate of drug-likeness (QED) is 0.792. The zero-order chi connectivity index (χ0) is 13.7. The summed E-state index contributed by atoms with van der Waals surface area (Å²) in [4.78, 5) is 22.3. The van der Waals surface area contributed by atoms with Gasteiger partial charge in [0.2, 0.25) is 0 Å². The normalized spacial score (nSPS) is 9.67. The van der Waals surface area contributed by atoms with Crippen LogP contribution in [0.25, 0.3) is 0 Å². The predicted octanol–water partition coefficient (Wildman–Crippen LogP) is 3.02.